The number of hydrogen-bond acceptors (Lipinski definition) is 11. The highest BCUT2D eigenvalue weighted by molar-refractivity contribution is 8.00. The minimum Gasteiger partial charge on any atom is -0.478 e. The second kappa shape index (κ2) is 10.3. The predicted molar refractivity (Wildman–Crippen MR) is 142 cm³/mol. The maximum Gasteiger partial charge on any atom is 0.352 e. The number of nitrogens with zero attached hydrogens (tertiary/aromatic N) is 4. The Hall–Kier alpha value is -4.44. The fourth-order valence-corrected chi connectivity index (χ4v) is 6.03. The number of carbonyl (C=O) groups is 4. The van der Waals surface area contributed by atoms with Crippen LogP contribution in [0.5, 0.6) is 0 Å². The SMILES string of the molecule is CC(C)(ON=C(C(=O)NC1C(=O)N2C(C(=O)O)=C(C[n+]3cccc4occc43)CS[C@H]12)c1csc(N)n1)C(=O)O. The Morgan fingerprint density at radius 2 is 2.12 bits per heavy atom. The number of thiazole rings is 1. The lowest BCUT2D eigenvalue weighted by atomic mass is 10.0. The molecule has 40 heavy (non-hydrogen) atoms. The Kier molecular flexibility index (Phi) is 6.97. The van der Waals surface area contributed by atoms with Crippen molar-refractivity contribution < 1.29 is 43.2 Å². The summed E-state index contributed by atoms with van der Waals surface area (Å²) in [4.78, 5) is 60.4. The van der Waals surface area contributed by atoms with Crippen LogP contribution in [-0.4, -0.2) is 72.3 Å². The number of aliphatic carboxylic acids is 2. The van der Waals surface area contributed by atoms with Crippen molar-refractivity contribution in [2.45, 2.75) is 37.4 Å². The highest BCUT2D eigenvalue weighted by Gasteiger charge is 2.55. The summed E-state index contributed by atoms with van der Waals surface area (Å²) in [6.45, 7) is 2.72. The van der Waals surface area contributed by atoms with Gasteiger partial charge >= 0.3 is 11.9 Å². The summed E-state index contributed by atoms with van der Waals surface area (Å²) in [7, 11) is 0. The quantitative estimate of drug-likeness (QED) is 0.119. The molecule has 5 heterocycles. The fraction of sp³-hybridized carbons (Fsp3) is 0.292. The van der Waals surface area contributed by atoms with Gasteiger partial charge in [-0.05, 0) is 19.9 Å². The maximum atomic E-state index is 13.2. The second-order valence-electron chi connectivity index (χ2n) is 9.34. The molecule has 2 atom stereocenters. The van der Waals surface area contributed by atoms with Gasteiger partial charge in [-0.15, -0.1) is 23.1 Å². The van der Waals surface area contributed by atoms with E-state index in [2.05, 4.69) is 15.5 Å². The number of rotatable bonds is 9. The molecule has 16 heteroatoms. The molecule has 0 spiro atoms. The molecule has 5 rings (SSSR count). The number of nitrogen functional groups attached to an aromatic ring is 1. The first-order valence-electron chi connectivity index (χ1n) is 11.8. The summed E-state index contributed by atoms with van der Waals surface area (Å²) in [5.74, 6) is -3.76. The second-order valence-corrected chi connectivity index (χ2v) is 11.3. The van der Waals surface area contributed by atoms with E-state index in [4.69, 9.17) is 15.0 Å². The number of fused-ring (bicyclic) bond motifs is 2. The average Bonchev–Trinajstić information content (AvgIpc) is 3.56. The molecular formula is C24H23N6O8S2+. The molecule has 0 aliphatic carbocycles. The summed E-state index contributed by atoms with van der Waals surface area (Å²) in [6.07, 6.45) is 3.33. The van der Waals surface area contributed by atoms with Crippen LogP contribution in [0.4, 0.5) is 5.13 Å². The number of β-lactam (4-membered cyclic amide) rings is 1. The zero-order valence-electron chi connectivity index (χ0n) is 21.1. The summed E-state index contributed by atoms with van der Waals surface area (Å²) in [5.41, 5.74) is 5.37. The molecular weight excluding hydrogens is 564 g/mol. The van der Waals surface area contributed by atoms with Gasteiger partial charge in [-0.2, -0.15) is 4.57 Å². The Morgan fingerprint density at radius 1 is 1.35 bits per heavy atom. The fourth-order valence-electron chi connectivity index (χ4n) is 4.15. The van der Waals surface area contributed by atoms with E-state index in [1.807, 2.05) is 4.57 Å². The molecule has 1 saturated heterocycles. The van der Waals surface area contributed by atoms with Gasteiger partial charge in [0.15, 0.2) is 29.2 Å². The van der Waals surface area contributed by atoms with E-state index < -0.39 is 40.8 Å². The summed E-state index contributed by atoms with van der Waals surface area (Å²) in [6, 6.07) is 4.28. The first-order valence-corrected chi connectivity index (χ1v) is 13.7. The van der Waals surface area contributed by atoms with Gasteiger partial charge in [0.2, 0.25) is 5.60 Å². The highest BCUT2D eigenvalue weighted by atomic mass is 32.2. The number of hydrogen-bond donors (Lipinski definition) is 4. The number of aromatic nitrogens is 2. The van der Waals surface area contributed by atoms with Gasteiger partial charge in [0.25, 0.3) is 17.3 Å². The number of nitrogens with one attached hydrogen (secondary N) is 1. The molecule has 5 N–H and O–H groups in total. The van der Waals surface area contributed by atoms with E-state index in [0.29, 0.717) is 16.9 Å². The van der Waals surface area contributed by atoms with Crippen LogP contribution >= 0.6 is 23.1 Å². The van der Waals surface area contributed by atoms with Crippen LogP contribution in [0.1, 0.15) is 19.5 Å². The van der Waals surface area contributed by atoms with Crippen LogP contribution < -0.4 is 15.6 Å². The van der Waals surface area contributed by atoms with Gasteiger partial charge in [0.1, 0.15) is 22.8 Å². The molecule has 1 unspecified atom stereocenters. The molecule has 0 aromatic carbocycles. The van der Waals surface area contributed by atoms with Crippen LogP contribution in [0.2, 0.25) is 0 Å². The van der Waals surface area contributed by atoms with Gasteiger partial charge in [-0.3, -0.25) is 14.5 Å². The summed E-state index contributed by atoms with van der Waals surface area (Å²) in [5, 5.41) is 26.5. The topological polar surface area (TPSA) is 202 Å². The Labute approximate surface area is 234 Å². The van der Waals surface area contributed by atoms with E-state index >= 15 is 0 Å². The normalized spacial score (nSPS) is 19.3. The van der Waals surface area contributed by atoms with Crippen LogP contribution in [0.3, 0.4) is 0 Å². The van der Waals surface area contributed by atoms with Gasteiger partial charge in [0.05, 0.1) is 6.26 Å². The van der Waals surface area contributed by atoms with E-state index in [-0.39, 0.29) is 28.8 Å². The van der Waals surface area contributed by atoms with Crippen molar-refractivity contribution in [1.29, 1.82) is 0 Å². The number of pyridine rings is 1. The lowest BCUT2D eigenvalue weighted by Gasteiger charge is -2.49. The molecule has 2 amide bonds. The van der Waals surface area contributed by atoms with Crippen LogP contribution in [0.15, 0.2) is 56.9 Å². The van der Waals surface area contributed by atoms with Gasteiger partial charge in [-0.25, -0.2) is 14.6 Å². The Balaban J connectivity index is 1.38. The third-order valence-corrected chi connectivity index (χ3v) is 8.27. The molecule has 2 aliphatic rings. The molecule has 3 aromatic heterocycles. The zero-order chi connectivity index (χ0) is 28.8. The van der Waals surface area contributed by atoms with Crippen molar-refractivity contribution >= 4 is 68.8 Å². The predicted octanol–water partition coefficient (Wildman–Crippen LogP) is 0.782. The third-order valence-electron chi connectivity index (χ3n) is 6.25. The molecule has 2 aliphatic heterocycles. The smallest absolute Gasteiger partial charge is 0.352 e. The largest absolute Gasteiger partial charge is 0.478 e. The molecule has 0 radical (unpaired) electrons. The lowest BCUT2D eigenvalue weighted by molar-refractivity contribution is -0.663. The van der Waals surface area contributed by atoms with Gasteiger partial charge < -0.3 is 30.5 Å². The van der Waals surface area contributed by atoms with E-state index in [0.717, 1.165) is 21.8 Å². The number of anilines is 1. The minimum atomic E-state index is -1.76. The number of furan rings is 1. The monoisotopic (exact) mass is 587 g/mol. The first-order chi connectivity index (χ1) is 19.0. The number of nitrogens with two attached hydrogens (primary N) is 1. The summed E-state index contributed by atoms with van der Waals surface area (Å²) >= 11 is 2.33. The van der Waals surface area contributed by atoms with Crippen LogP contribution in [-0.2, 0) is 30.6 Å². The Bertz CT molecular complexity index is 1610. The maximum absolute atomic E-state index is 13.2. The summed E-state index contributed by atoms with van der Waals surface area (Å²) < 4.78 is 7.25. The number of carbonyl (C=O) groups excluding carboxylic acids is 2. The van der Waals surface area contributed by atoms with E-state index in [1.54, 1.807) is 24.4 Å². The highest BCUT2D eigenvalue weighted by Crippen LogP contribution is 2.40. The van der Waals surface area contributed by atoms with E-state index in [9.17, 15) is 29.4 Å². The number of oxime groups is 1. The zero-order valence-corrected chi connectivity index (χ0v) is 22.7. The van der Waals surface area contributed by atoms with Crippen molar-refractivity contribution in [2.75, 3.05) is 11.5 Å². The molecule has 3 aromatic rings. The number of carboxylic acids is 2. The molecule has 0 bridgehead atoms. The minimum absolute atomic E-state index is 0.0277. The lowest BCUT2D eigenvalue weighted by Crippen LogP contribution is -2.71. The number of carboxylic acid groups (broad SMARTS) is 2. The molecule has 0 saturated carbocycles. The number of thioether (sulfide) groups is 1. The van der Waals surface area contributed by atoms with Crippen molar-refractivity contribution in [3.63, 3.8) is 0 Å². The van der Waals surface area contributed by atoms with Gasteiger partial charge in [-0.1, -0.05) is 5.16 Å². The molecule has 208 valence electrons. The standard InChI is InChI=1S/C24H22N6O8S2/c1-24(2,22(35)36)38-28-15(12-10-40-23(25)26-12)18(31)27-16-19(32)30-17(21(33)34)11(9-39-20(16)30)8-29-6-3-4-14-13(29)5-7-37-14/h3-7,10,16,20H,8-9H2,1-2H3,(H4-,25,26,27,31,33,34,35,36)/p+1/t16?,20-/m1/s1. The van der Waals surface area contributed by atoms with Crippen LogP contribution in [0, 0.1) is 0 Å². The molecule has 1 fully saturated rings. The van der Waals surface area contributed by atoms with Crippen molar-refractivity contribution in [1.82, 2.24) is 15.2 Å². The van der Waals surface area contributed by atoms with Crippen molar-refractivity contribution in [3.8, 4) is 0 Å². The van der Waals surface area contributed by atoms with Crippen molar-refractivity contribution in [2.24, 2.45) is 5.16 Å². The van der Waals surface area contributed by atoms with E-state index in [1.165, 1.54) is 37.3 Å². The van der Waals surface area contributed by atoms with Crippen LogP contribution in [0.25, 0.3) is 11.1 Å². The first kappa shape index (κ1) is 27.1. The van der Waals surface area contributed by atoms with Gasteiger partial charge in [0, 0.05) is 28.8 Å². The third kappa shape index (κ3) is 4.86. The Morgan fingerprint density at radius 3 is 2.80 bits per heavy atom. The number of amides is 2. The molecule has 14 nitrogen and oxygen atoms in total. The van der Waals surface area contributed by atoms with Crippen molar-refractivity contribution in [3.05, 3.63) is 53.0 Å². The average molecular weight is 588 g/mol.